The molecule has 0 bridgehead atoms. The van der Waals surface area contributed by atoms with Crippen molar-refractivity contribution < 1.29 is 18.0 Å². The molecule has 1 N–H and O–H groups in total. The monoisotopic (exact) mass is 575 g/mol. The number of aryl methyl sites for hydroxylation is 2. The van der Waals surface area contributed by atoms with Gasteiger partial charge in [0.15, 0.2) is 0 Å². The van der Waals surface area contributed by atoms with Gasteiger partial charge in [0.2, 0.25) is 11.8 Å². The highest BCUT2D eigenvalue weighted by Gasteiger charge is 2.33. The topological polar surface area (TPSA) is 86.8 Å². The first-order valence-corrected chi connectivity index (χ1v) is 14.3. The summed E-state index contributed by atoms with van der Waals surface area (Å²) >= 11 is 12.3. The normalized spacial score (nSPS) is 12.1. The van der Waals surface area contributed by atoms with Crippen LogP contribution in [0.4, 0.5) is 5.69 Å². The Bertz CT molecular complexity index is 1410. The molecule has 38 heavy (non-hydrogen) atoms. The van der Waals surface area contributed by atoms with Crippen molar-refractivity contribution in [3.8, 4) is 0 Å². The predicted octanol–water partition coefficient (Wildman–Crippen LogP) is 5.36. The van der Waals surface area contributed by atoms with Crippen molar-refractivity contribution in [1.82, 2.24) is 10.2 Å². The van der Waals surface area contributed by atoms with Crippen LogP contribution in [0.5, 0.6) is 0 Å². The number of nitrogens with one attached hydrogen (secondary N) is 1. The molecule has 0 aliphatic rings. The van der Waals surface area contributed by atoms with Crippen LogP contribution in [-0.2, 0) is 26.2 Å². The number of halogens is 2. The van der Waals surface area contributed by atoms with Gasteiger partial charge < -0.3 is 10.2 Å². The molecule has 0 fully saturated rings. The van der Waals surface area contributed by atoms with Gasteiger partial charge in [-0.15, -0.1) is 0 Å². The van der Waals surface area contributed by atoms with Gasteiger partial charge in [0.1, 0.15) is 12.6 Å². The Balaban J connectivity index is 2.08. The van der Waals surface area contributed by atoms with Gasteiger partial charge in [-0.2, -0.15) is 0 Å². The molecule has 0 aromatic heterocycles. The van der Waals surface area contributed by atoms with E-state index in [1.165, 1.54) is 24.1 Å². The lowest BCUT2D eigenvalue weighted by molar-refractivity contribution is -0.140. The number of nitrogens with zero attached hydrogens (tertiary/aromatic N) is 2. The van der Waals surface area contributed by atoms with E-state index in [0.717, 1.165) is 15.4 Å². The molecule has 2 amide bonds. The SMILES string of the molecule is CCC(C(=O)NC)N(Cc1ccc(Cl)c(Cl)c1)C(=O)CN(c1ccc(C)c(C)c1)S(=O)(=O)c1ccccc1. The number of hydrogen-bond donors (Lipinski definition) is 1. The molecule has 0 radical (unpaired) electrons. The number of amides is 2. The summed E-state index contributed by atoms with van der Waals surface area (Å²) in [5.41, 5.74) is 2.88. The van der Waals surface area contributed by atoms with E-state index in [1.54, 1.807) is 55.5 Å². The van der Waals surface area contributed by atoms with Crippen molar-refractivity contribution >= 4 is 50.7 Å². The highest BCUT2D eigenvalue weighted by atomic mass is 35.5. The summed E-state index contributed by atoms with van der Waals surface area (Å²) in [6, 6.07) is 17.3. The highest BCUT2D eigenvalue weighted by molar-refractivity contribution is 7.92. The zero-order chi connectivity index (χ0) is 28.0. The van der Waals surface area contributed by atoms with Crippen molar-refractivity contribution in [3.63, 3.8) is 0 Å². The van der Waals surface area contributed by atoms with Crippen molar-refractivity contribution in [2.24, 2.45) is 0 Å². The zero-order valence-electron chi connectivity index (χ0n) is 21.7. The molecule has 3 aromatic carbocycles. The number of benzene rings is 3. The summed E-state index contributed by atoms with van der Waals surface area (Å²) in [6.45, 7) is 5.12. The third-order valence-electron chi connectivity index (χ3n) is 6.36. The Morgan fingerprint density at radius 3 is 2.18 bits per heavy atom. The smallest absolute Gasteiger partial charge is 0.264 e. The fourth-order valence-electron chi connectivity index (χ4n) is 4.05. The predicted molar refractivity (Wildman–Crippen MR) is 152 cm³/mol. The second-order valence-electron chi connectivity index (χ2n) is 8.90. The first-order valence-electron chi connectivity index (χ1n) is 12.1. The first-order chi connectivity index (χ1) is 18.0. The maximum Gasteiger partial charge on any atom is 0.264 e. The van der Waals surface area contributed by atoms with Gasteiger partial charge in [0.25, 0.3) is 10.0 Å². The largest absolute Gasteiger partial charge is 0.357 e. The van der Waals surface area contributed by atoms with Crippen molar-refractivity contribution in [2.75, 3.05) is 17.9 Å². The molecule has 1 atom stereocenters. The molecule has 3 aromatic rings. The van der Waals surface area contributed by atoms with Crippen LogP contribution in [0.15, 0.2) is 71.6 Å². The van der Waals surface area contributed by atoms with Gasteiger partial charge in [-0.1, -0.05) is 60.5 Å². The average Bonchev–Trinajstić information content (AvgIpc) is 2.90. The van der Waals surface area contributed by atoms with E-state index in [9.17, 15) is 18.0 Å². The minimum Gasteiger partial charge on any atom is -0.357 e. The van der Waals surface area contributed by atoms with Gasteiger partial charge in [-0.3, -0.25) is 13.9 Å². The van der Waals surface area contributed by atoms with Crippen LogP contribution >= 0.6 is 23.2 Å². The Hall–Kier alpha value is -3.07. The summed E-state index contributed by atoms with van der Waals surface area (Å²) in [5, 5.41) is 3.28. The molecule has 10 heteroatoms. The highest BCUT2D eigenvalue weighted by Crippen LogP contribution is 2.28. The van der Waals surface area contributed by atoms with E-state index >= 15 is 0 Å². The summed E-state index contributed by atoms with van der Waals surface area (Å²) in [4.78, 5) is 28.1. The Morgan fingerprint density at radius 2 is 1.61 bits per heavy atom. The van der Waals surface area contributed by atoms with Gasteiger partial charge in [-0.25, -0.2) is 8.42 Å². The van der Waals surface area contributed by atoms with Crippen molar-refractivity contribution in [1.29, 1.82) is 0 Å². The number of carbonyl (C=O) groups is 2. The van der Waals surface area contributed by atoms with Crippen LogP contribution in [0.1, 0.15) is 30.0 Å². The summed E-state index contributed by atoms with van der Waals surface area (Å²) in [5.74, 6) is -0.895. The molecule has 0 heterocycles. The van der Waals surface area contributed by atoms with Crippen LogP contribution in [0, 0.1) is 13.8 Å². The van der Waals surface area contributed by atoms with Gasteiger partial charge in [-0.05, 0) is 73.4 Å². The summed E-state index contributed by atoms with van der Waals surface area (Å²) < 4.78 is 28.7. The summed E-state index contributed by atoms with van der Waals surface area (Å²) in [7, 11) is -2.61. The molecule has 0 aliphatic heterocycles. The molecule has 0 saturated heterocycles. The number of hydrogen-bond acceptors (Lipinski definition) is 4. The zero-order valence-corrected chi connectivity index (χ0v) is 24.1. The lowest BCUT2D eigenvalue weighted by atomic mass is 10.1. The number of carbonyl (C=O) groups excluding carboxylic acids is 2. The molecule has 1 unspecified atom stereocenters. The van der Waals surface area contributed by atoms with Crippen LogP contribution in [-0.4, -0.2) is 44.8 Å². The number of likely N-dealkylation sites (N-methyl/N-ethyl adjacent to an activating group) is 1. The van der Waals surface area contributed by atoms with Crippen LogP contribution in [0.3, 0.4) is 0 Å². The standard InChI is InChI=1S/C28H31Cl2N3O4S/c1-5-26(28(35)31-4)32(17-21-12-14-24(29)25(30)16-21)27(34)18-33(22-13-11-19(2)20(3)15-22)38(36,37)23-9-7-6-8-10-23/h6-16,26H,5,17-18H2,1-4H3,(H,31,35). The minimum absolute atomic E-state index is 0.0355. The quantitative estimate of drug-likeness (QED) is 0.352. The molecular formula is C28H31Cl2N3O4S. The lowest BCUT2D eigenvalue weighted by Gasteiger charge is -2.33. The van der Waals surface area contributed by atoms with E-state index < -0.39 is 28.5 Å². The fraction of sp³-hybridized carbons (Fsp3) is 0.286. The van der Waals surface area contributed by atoms with E-state index in [1.807, 2.05) is 19.9 Å². The molecular weight excluding hydrogens is 545 g/mol. The molecule has 7 nitrogen and oxygen atoms in total. The maximum atomic E-state index is 13.9. The number of rotatable bonds is 10. The molecule has 0 spiro atoms. The summed E-state index contributed by atoms with van der Waals surface area (Å²) in [6.07, 6.45) is 0.321. The molecule has 0 saturated carbocycles. The molecule has 3 rings (SSSR count). The number of sulfonamides is 1. The van der Waals surface area contributed by atoms with Crippen LogP contribution < -0.4 is 9.62 Å². The van der Waals surface area contributed by atoms with E-state index in [4.69, 9.17) is 23.2 Å². The minimum atomic E-state index is -4.11. The van der Waals surface area contributed by atoms with E-state index in [0.29, 0.717) is 27.7 Å². The van der Waals surface area contributed by atoms with Crippen molar-refractivity contribution in [2.45, 2.75) is 44.7 Å². The number of anilines is 1. The van der Waals surface area contributed by atoms with Crippen LogP contribution in [0.25, 0.3) is 0 Å². The van der Waals surface area contributed by atoms with Crippen molar-refractivity contribution in [3.05, 3.63) is 93.5 Å². The molecule has 0 aliphatic carbocycles. The average molecular weight is 577 g/mol. The fourth-order valence-corrected chi connectivity index (χ4v) is 5.80. The van der Waals surface area contributed by atoms with Gasteiger partial charge in [0, 0.05) is 13.6 Å². The Kier molecular flexibility index (Phi) is 9.82. The van der Waals surface area contributed by atoms with Crippen LogP contribution in [0.2, 0.25) is 10.0 Å². The van der Waals surface area contributed by atoms with E-state index in [-0.39, 0.29) is 17.3 Å². The third kappa shape index (κ3) is 6.67. The first kappa shape index (κ1) is 29.5. The van der Waals surface area contributed by atoms with Gasteiger partial charge >= 0.3 is 0 Å². The maximum absolute atomic E-state index is 13.9. The van der Waals surface area contributed by atoms with E-state index in [2.05, 4.69) is 5.32 Å². The Labute approximate surface area is 234 Å². The Morgan fingerprint density at radius 1 is 0.921 bits per heavy atom. The second kappa shape index (κ2) is 12.7. The third-order valence-corrected chi connectivity index (χ3v) is 8.88. The van der Waals surface area contributed by atoms with Gasteiger partial charge in [0.05, 0.1) is 20.6 Å². The lowest BCUT2D eigenvalue weighted by Crippen LogP contribution is -2.51. The molecule has 202 valence electrons. The second-order valence-corrected chi connectivity index (χ2v) is 11.6.